The second-order valence-electron chi connectivity index (χ2n) is 12.2. The van der Waals surface area contributed by atoms with Gasteiger partial charge in [-0.2, -0.15) is 0 Å². The average Bonchev–Trinajstić information content (AvgIpc) is 3.12. The van der Waals surface area contributed by atoms with Crippen LogP contribution in [0.4, 0.5) is 0 Å². The Labute approximate surface area is 194 Å². The van der Waals surface area contributed by atoms with Crippen LogP contribution in [0.25, 0.3) is 0 Å². The summed E-state index contributed by atoms with van der Waals surface area (Å²) in [5.41, 5.74) is 1.39. The van der Waals surface area contributed by atoms with Crippen LogP contribution in [0, 0.1) is 34.5 Å². The predicted octanol–water partition coefficient (Wildman–Crippen LogP) is 6.08. The van der Waals surface area contributed by atoms with Gasteiger partial charge in [0.25, 0.3) is 0 Å². The van der Waals surface area contributed by atoms with E-state index in [0.717, 1.165) is 18.4 Å². The third-order valence-electron chi connectivity index (χ3n) is 10.1. The summed E-state index contributed by atoms with van der Waals surface area (Å²) in [6.07, 6.45) is 11.2. The van der Waals surface area contributed by atoms with E-state index in [-0.39, 0.29) is 35.2 Å². The highest BCUT2D eigenvalue weighted by atomic mass is 31.1. The summed E-state index contributed by atoms with van der Waals surface area (Å²) in [4.78, 5) is 24.0. The molecule has 0 heterocycles. The maximum atomic E-state index is 14.2. The second-order valence-corrected chi connectivity index (χ2v) is 13.4. The molecule has 32 heavy (non-hydrogen) atoms. The monoisotopic (exact) mass is 464 g/mol. The van der Waals surface area contributed by atoms with E-state index in [1.165, 1.54) is 25.7 Å². The minimum atomic E-state index is -2.76. The molecular formula is C26H43NO4P+. The van der Waals surface area contributed by atoms with E-state index < -0.39 is 12.7 Å². The summed E-state index contributed by atoms with van der Waals surface area (Å²) in [6.45, 7) is 12.5. The van der Waals surface area contributed by atoms with Crippen molar-refractivity contribution < 1.29 is 24.1 Å². The minimum Gasteiger partial charge on any atom is -0.343 e. The topological polar surface area (TPSA) is 74.6 Å². The number of hydrogen-bond donors (Lipinski definition) is 2. The van der Waals surface area contributed by atoms with Crippen LogP contribution < -0.4 is 0 Å². The Hall–Kier alpha value is -0.740. The molecule has 5 nitrogen and oxygen atoms in total. The first-order chi connectivity index (χ1) is 14.9. The Morgan fingerprint density at radius 1 is 1.12 bits per heavy atom. The van der Waals surface area contributed by atoms with Crippen LogP contribution in [0.2, 0.25) is 0 Å². The van der Waals surface area contributed by atoms with Gasteiger partial charge in [-0.25, -0.2) is 10.0 Å². The molecule has 0 aromatic carbocycles. The maximum Gasteiger partial charge on any atom is 0.349 e. The number of hydrogen-bond acceptors (Lipinski definition) is 3. The number of fused-ring (bicyclic) bond motifs is 5. The van der Waals surface area contributed by atoms with Gasteiger partial charge in [0.1, 0.15) is 12.1 Å². The van der Waals surface area contributed by atoms with Crippen molar-refractivity contribution in [2.24, 2.45) is 34.5 Å². The molecule has 1 unspecified atom stereocenters. The first kappa shape index (κ1) is 24.4. The first-order valence-electron chi connectivity index (χ1n) is 12.7. The molecule has 0 aliphatic heterocycles. The van der Waals surface area contributed by atoms with Gasteiger partial charge in [0, 0.05) is 5.31 Å². The Bertz CT molecular complexity index is 869. The zero-order chi connectivity index (χ0) is 23.6. The van der Waals surface area contributed by atoms with Gasteiger partial charge in [-0.15, -0.1) is 4.65 Å². The number of quaternary nitrogens is 1. The van der Waals surface area contributed by atoms with Gasteiger partial charge < -0.3 is 4.89 Å². The van der Waals surface area contributed by atoms with Crippen molar-refractivity contribution in [3.63, 3.8) is 0 Å². The number of amides is 1. The smallest absolute Gasteiger partial charge is 0.343 e. The number of rotatable bonds is 4. The van der Waals surface area contributed by atoms with Gasteiger partial charge in [-0.05, 0) is 101 Å². The van der Waals surface area contributed by atoms with Crippen molar-refractivity contribution in [3.8, 4) is 0 Å². The van der Waals surface area contributed by atoms with Crippen molar-refractivity contribution in [2.45, 2.75) is 98.6 Å². The van der Waals surface area contributed by atoms with Crippen LogP contribution in [0.1, 0.15) is 86.5 Å². The SMILES string of the molecule is CC(C)[N+](O)(C(=O)[C@H]1CC2=CC([PH](=O)O)=CC[C@]2(C)[C@H]2CC[C@]3(C)CCC[C@H]3[C@H]12)C(C)C. The van der Waals surface area contributed by atoms with E-state index in [2.05, 4.69) is 13.8 Å². The molecule has 0 spiro atoms. The number of carbonyl (C=O) groups is 1. The van der Waals surface area contributed by atoms with Crippen molar-refractivity contribution in [1.82, 2.24) is 0 Å². The summed E-state index contributed by atoms with van der Waals surface area (Å²) in [6, 6.07) is -0.421. The second kappa shape index (κ2) is 8.18. The maximum absolute atomic E-state index is 14.2. The summed E-state index contributed by atoms with van der Waals surface area (Å²) < 4.78 is 11.4. The lowest BCUT2D eigenvalue weighted by Crippen LogP contribution is -2.64. The molecule has 0 bridgehead atoms. The van der Waals surface area contributed by atoms with E-state index in [1.54, 1.807) is 0 Å². The molecular weight excluding hydrogens is 421 g/mol. The van der Waals surface area contributed by atoms with Gasteiger partial charge >= 0.3 is 5.91 Å². The molecule has 4 aliphatic rings. The predicted molar refractivity (Wildman–Crippen MR) is 127 cm³/mol. The highest BCUT2D eigenvalue weighted by Gasteiger charge is 2.63. The fraction of sp³-hybridized carbons (Fsp3) is 0.808. The molecule has 3 fully saturated rings. The van der Waals surface area contributed by atoms with Crippen molar-refractivity contribution in [1.29, 1.82) is 0 Å². The van der Waals surface area contributed by atoms with E-state index in [9.17, 15) is 19.5 Å². The summed E-state index contributed by atoms with van der Waals surface area (Å²) >= 11 is 0. The zero-order valence-electron chi connectivity index (χ0n) is 20.7. The largest absolute Gasteiger partial charge is 0.349 e. The Morgan fingerprint density at radius 3 is 2.38 bits per heavy atom. The van der Waals surface area contributed by atoms with Crippen LogP contribution in [0.15, 0.2) is 23.0 Å². The van der Waals surface area contributed by atoms with Gasteiger partial charge in [0.05, 0.1) is 5.92 Å². The van der Waals surface area contributed by atoms with Crippen molar-refractivity contribution >= 4 is 13.9 Å². The summed E-state index contributed by atoms with van der Waals surface area (Å²) in [5, 5.41) is 12.2. The Balaban J connectivity index is 1.83. The Morgan fingerprint density at radius 2 is 1.78 bits per heavy atom. The lowest BCUT2D eigenvalue weighted by molar-refractivity contribution is -1.07. The highest BCUT2D eigenvalue weighted by molar-refractivity contribution is 7.43. The van der Waals surface area contributed by atoms with Crippen LogP contribution >= 0.6 is 8.03 Å². The number of hydroxylamine groups is 3. The van der Waals surface area contributed by atoms with E-state index in [4.69, 9.17) is 0 Å². The van der Waals surface area contributed by atoms with E-state index >= 15 is 0 Å². The average molecular weight is 465 g/mol. The fourth-order valence-electron chi connectivity index (χ4n) is 8.18. The summed E-state index contributed by atoms with van der Waals surface area (Å²) in [7, 11) is -2.76. The zero-order valence-corrected chi connectivity index (χ0v) is 21.7. The van der Waals surface area contributed by atoms with E-state index in [1.807, 2.05) is 39.8 Å². The standard InChI is InChI=1S/C26H42NO4P/c1-16(2)27(29,17(3)4)24(28)20-15-18-14-19(32(30)31)9-13-26(18,6)22-10-12-25(5)11-7-8-21(25)23(20)22/h9,14,16-17,20-23,29,32H,7-8,10-13,15H2,1-6H3/p+1/t20-,21-,22-,23-,25-,26-/m0/s1. The molecule has 0 aromatic heterocycles. The molecule has 7 atom stereocenters. The van der Waals surface area contributed by atoms with Gasteiger partial charge in [0.2, 0.25) is 8.03 Å². The lowest BCUT2D eigenvalue weighted by atomic mass is 9.45. The Kier molecular flexibility index (Phi) is 6.24. The molecule has 0 saturated heterocycles. The molecule has 0 radical (unpaired) electrons. The molecule has 3 saturated carbocycles. The highest BCUT2D eigenvalue weighted by Crippen LogP contribution is 2.67. The van der Waals surface area contributed by atoms with Crippen LogP contribution in [-0.4, -0.2) is 32.7 Å². The first-order valence-corrected chi connectivity index (χ1v) is 14.0. The molecule has 180 valence electrons. The molecule has 0 aromatic rings. The molecule has 2 N–H and O–H groups in total. The van der Waals surface area contributed by atoms with Crippen molar-refractivity contribution in [3.05, 3.63) is 23.0 Å². The third-order valence-corrected chi connectivity index (χ3v) is 11.0. The van der Waals surface area contributed by atoms with Crippen LogP contribution in [-0.2, 0) is 9.36 Å². The third kappa shape index (κ3) is 3.45. The molecule has 1 amide bonds. The number of allylic oxidation sites excluding steroid dienone is 4. The molecule has 4 rings (SSSR count). The normalized spacial score (nSPS) is 40.3. The fourth-order valence-corrected chi connectivity index (χ4v) is 8.75. The quantitative estimate of drug-likeness (QED) is 0.229. The minimum absolute atomic E-state index is 0.0446. The van der Waals surface area contributed by atoms with Crippen molar-refractivity contribution in [2.75, 3.05) is 0 Å². The van der Waals surface area contributed by atoms with Gasteiger partial charge in [0.15, 0.2) is 0 Å². The van der Waals surface area contributed by atoms with Crippen LogP contribution in [0.5, 0.6) is 0 Å². The number of carbonyl (C=O) groups excluding carboxylic acids is 1. The lowest BCUT2D eigenvalue weighted by Gasteiger charge is -2.59. The summed E-state index contributed by atoms with van der Waals surface area (Å²) in [5.74, 6) is 0.881. The van der Waals surface area contributed by atoms with Gasteiger partial charge in [-0.1, -0.05) is 31.9 Å². The molecule has 4 aliphatic carbocycles. The van der Waals surface area contributed by atoms with Gasteiger partial charge in [-0.3, -0.25) is 4.57 Å². The number of nitrogens with zero attached hydrogens (tertiary/aromatic N) is 1. The molecule has 6 heteroatoms. The van der Waals surface area contributed by atoms with Crippen LogP contribution in [0.3, 0.4) is 0 Å². The van der Waals surface area contributed by atoms with E-state index in [0.29, 0.717) is 29.0 Å².